The van der Waals surface area contributed by atoms with Crippen LogP contribution in [0.3, 0.4) is 0 Å². The van der Waals surface area contributed by atoms with Crippen LogP contribution in [0.15, 0.2) is 53.7 Å². The van der Waals surface area contributed by atoms with Gasteiger partial charge in [0.25, 0.3) is 0 Å². The molecule has 0 bridgehead atoms. The van der Waals surface area contributed by atoms with Crippen LogP contribution in [0.4, 0.5) is 0 Å². The van der Waals surface area contributed by atoms with Crippen LogP contribution in [-0.4, -0.2) is 34.7 Å². The third kappa shape index (κ3) is 4.52. The summed E-state index contributed by atoms with van der Waals surface area (Å²) in [4.78, 5) is 18.3. The van der Waals surface area contributed by atoms with Crippen molar-refractivity contribution in [1.29, 1.82) is 0 Å². The summed E-state index contributed by atoms with van der Waals surface area (Å²) in [7, 11) is 0. The fraction of sp³-hybridized carbons (Fsp3) is 0.464. The zero-order valence-electron chi connectivity index (χ0n) is 21.6. The average molecular weight is 486 g/mol. The maximum absolute atomic E-state index is 13.8. The van der Waals surface area contributed by atoms with Crippen LogP contribution in [-0.2, 0) is 13.0 Å². The summed E-state index contributed by atoms with van der Waals surface area (Å²) in [5, 5.41) is 14.7. The Morgan fingerprint density at radius 3 is 2.56 bits per heavy atom. The third-order valence-corrected chi connectivity index (χ3v) is 7.62. The van der Waals surface area contributed by atoms with E-state index in [9.17, 15) is 4.79 Å². The molecule has 1 fully saturated rings. The lowest BCUT2D eigenvalue weighted by Crippen LogP contribution is -2.42. The van der Waals surface area contributed by atoms with Crippen molar-refractivity contribution in [3.05, 3.63) is 70.7 Å². The second-order valence-electron chi connectivity index (χ2n) is 10.9. The number of nitrogens with zero attached hydrogens (tertiary/aromatic N) is 6. The third-order valence-electron chi connectivity index (χ3n) is 7.62. The minimum atomic E-state index is 0.0845. The first-order chi connectivity index (χ1) is 17.4. The van der Waals surface area contributed by atoms with Gasteiger partial charge in [-0.2, -0.15) is 5.21 Å². The molecule has 188 valence electrons. The van der Waals surface area contributed by atoms with Gasteiger partial charge in [-0.25, -0.2) is 4.79 Å². The lowest BCUT2D eigenvalue weighted by molar-refractivity contribution is 0.0616. The zero-order chi connectivity index (χ0) is 25.3. The van der Waals surface area contributed by atoms with Crippen LogP contribution < -0.4 is 5.69 Å². The lowest BCUT2D eigenvalue weighted by Gasteiger charge is -2.45. The summed E-state index contributed by atoms with van der Waals surface area (Å²) in [5.74, 6) is 1.05. The van der Waals surface area contributed by atoms with Gasteiger partial charge in [0, 0.05) is 35.9 Å². The average Bonchev–Trinajstić information content (AvgIpc) is 3.46. The zero-order valence-corrected chi connectivity index (χ0v) is 21.6. The van der Waals surface area contributed by atoms with Crippen LogP contribution >= 0.6 is 0 Å². The first kappa shape index (κ1) is 24.2. The van der Waals surface area contributed by atoms with Gasteiger partial charge in [-0.1, -0.05) is 58.4 Å². The number of hydrogen-bond acceptors (Lipinski definition) is 5. The molecule has 4 aromatic rings. The molecule has 1 aromatic carbocycles. The first-order valence-corrected chi connectivity index (χ1v) is 12.9. The molecule has 36 heavy (non-hydrogen) atoms. The molecule has 3 heterocycles. The lowest BCUT2D eigenvalue weighted by atomic mass is 9.65. The molecule has 1 aliphatic carbocycles. The van der Waals surface area contributed by atoms with Gasteiger partial charge < -0.3 is 0 Å². The van der Waals surface area contributed by atoms with Crippen molar-refractivity contribution in [3.63, 3.8) is 0 Å². The standard InChI is InChI=1S/C28H35N7O/c1-5-6-9-20-18-35(25-13-12-24(25)28(2,3)4)27(36)34(20)17-19-16-29-15-14-21(19)22-10-7-8-11-23(22)26-30-32-33-31-26/h7-8,10-11,14-16,18,24-25H,5-6,9,12-13,17H2,1-4H3,(H,30,31,32,33). The molecular weight excluding hydrogens is 450 g/mol. The molecule has 3 aromatic heterocycles. The van der Waals surface area contributed by atoms with Crippen molar-refractivity contribution in [1.82, 2.24) is 34.7 Å². The molecule has 2 atom stereocenters. The van der Waals surface area contributed by atoms with Crippen molar-refractivity contribution in [2.45, 2.75) is 72.4 Å². The molecule has 1 aliphatic rings. The van der Waals surface area contributed by atoms with Crippen LogP contribution in [0.1, 0.15) is 70.7 Å². The number of hydrogen-bond donors (Lipinski definition) is 1. The van der Waals surface area contributed by atoms with Crippen molar-refractivity contribution < 1.29 is 0 Å². The summed E-state index contributed by atoms with van der Waals surface area (Å²) in [6, 6.07) is 10.3. The highest BCUT2D eigenvalue weighted by Crippen LogP contribution is 2.48. The van der Waals surface area contributed by atoms with E-state index in [0.717, 1.165) is 53.6 Å². The summed E-state index contributed by atoms with van der Waals surface area (Å²) < 4.78 is 3.99. The fourth-order valence-electron chi connectivity index (χ4n) is 5.51. The monoisotopic (exact) mass is 485 g/mol. The number of pyridine rings is 1. The van der Waals surface area contributed by atoms with E-state index in [1.165, 1.54) is 6.42 Å². The Bertz CT molecular complexity index is 1380. The van der Waals surface area contributed by atoms with E-state index in [4.69, 9.17) is 0 Å². The molecule has 8 nitrogen and oxygen atoms in total. The highest BCUT2D eigenvalue weighted by molar-refractivity contribution is 5.81. The second kappa shape index (κ2) is 9.84. The molecular formula is C28H35N7O. The van der Waals surface area contributed by atoms with Crippen LogP contribution in [0, 0.1) is 11.3 Å². The van der Waals surface area contributed by atoms with Gasteiger partial charge in [-0.15, -0.1) is 10.2 Å². The molecule has 0 amide bonds. The van der Waals surface area contributed by atoms with Gasteiger partial charge in [0.1, 0.15) is 0 Å². The largest absolute Gasteiger partial charge is 0.328 e. The summed E-state index contributed by atoms with van der Waals surface area (Å²) in [5.41, 5.74) is 5.25. The molecule has 0 radical (unpaired) electrons. The number of aryl methyl sites for hydroxylation is 1. The number of tetrazole rings is 1. The first-order valence-electron chi connectivity index (χ1n) is 12.9. The number of benzene rings is 1. The normalized spacial score (nSPS) is 17.8. The fourth-order valence-corrected chi connectivity index (χ4v) is 5.51. The molecule has 0 spiro atoms. The topological polar surface area (TPSA) is 94.3 Å². The number of rotatable bonds is 8. The van der Waals surface area contributed by atoms with Crippen LogP contribution in [0.25, 0.3) is 22.5 Å². The SMILES string of the molecule is CCCCc1cn(C2CCC2C(C)(C)C)c(=O)n1Cc1cnccc1-c1ccccc1-c1nn[nH]n1. The van der Waals surface area contributed by atoms with Crippen molar-refractivity contribution in [2.75, 3.05) is 0 Å². The quantitative estimate of drug-likeness (QED) is 0.366. The molecule has 0 aliphatic heterocycles. The highest BCUT2D eigenvalue weighted by Gasteiger charge is 2.41. The maximum Gasteiger partial charge on any atom is 0.328 e. The van der Waals surface area contributed by atoms with E-state index in [-0.39, 0.29) is 17.1 Å². The number of H-pyrrole nitrogens is 1. The van der Waals surface area contributed by atoms with Crippen molar-refractivity contribution >= 4 is 0 Å². The molecule has 8 heteroatoms. The van der Waals surface area contributed by atoms with E-state index < -0.39 is 0 Å². The predicted molar refractivity (Wildman–Crippen MR) is 140 cm³/mol. The number of imidazole rings is 1. The van der Waals surface area contributed by atoms with Gasteiger partial charge >= 0.3 is 5.69 Å². The van der Waals surface area contributed by atoms with Crippen LogP contribution in [0.5, 0.6) is 0 Å². The van der Waals surface area contributed by atoms with Gasteiger partial charge in [0.15, 0.2) is 0 Å². The molecule has 0 saturated heterocycles. The Morgan fingerprint density at radius 2 is 1.89 bits per heavy atom. The minimum absolute atomic E-state index is 0.0845. The van der Waals surface area contributed by atoms with Crippen molar-refractivity contribution in [2.24, 2.45) is 11.3 Å². The highest BCUT2D eigenvalue weighted by atomic mass is 16.1. The Hall–Kier alpha value is -3.55. The Balaban J connectivity index is 1.56. The molecule has 1 N–H and O–H groups in total. The van der Waals surface area contributed by atoms with E-state index in [0.29, 0.717) is 18.3 Å². The number of unbranched alkanes of at least 4 members (excludes halogenated alkanes) is 1. The van der Waals surface area contributed by atoms with Crippen LogP contribution in [0.2, 0.25) is 0 Å². The van der Waals surface area contributed by atoms with Gasteiger partial charge in [0.05, 0.1) is 6.54 Å². The number of aromatic amines is 1. The number of aromatic nitrogens is 7. The van der Waals surface area contributed by atoms with E-state index >= 15 is 0 Å². The second-order valence-corrected chi connectivity index (χ2v) is 10.9. The smallest absolute Gasteiger partial charge is 0.296 e. The summed E-state index contributed by atoms with van der Waals surface area (Å²) in [6.07, 6.45) is 11.1. The Morgan fingerprint density at radius 1 is 1.08 bits per heavy atom. The van der Waals surface area contributed by atoms with E-state index in [1.807, 2.05) is 39.6 Å². The minimum Gasteiger partial charge on any atom is -0.296 e. The van der Waals surface area contributed by atoms with Gasteiger partial charge in [0.2, 0.25) is 5.82 Å². The van der Waals surface area contributed by atoms with Gasteiger partial charge in [-0.3, -0.25) is 14.1 Å². The van der Waals surface area contributed by atoms with Gasteiger partial charge in [-0.05, 0) is 65.0 Å². The van der Waals surface area contributed by atoms with E-state index in [2.05, 4.69) is 65.6 Å². The molecule has 1 saturated carbocycles. The molecule has 5 rings (SSSR count). The van der Waals surface area contributed by atoms with Crippen molar-refractivity contribution in [3.8, 4) is 22.5 Å². The Kier molecular flexibility index (Phi) is 6.60. The summed E-state index contributed by atoms with van der Waals surface area (Å²) in [6.45, 7) is 9.52. The number of nitrogens with one attached hydrogen (secondary N) is 1. The maximum atomic E-state index is 13.8. The Labute approximate surface area is 211 Å². The van der Waals surface area contributed by atoms with E-state index in [1.54, 1.807) is 6.20 Å². The molecule has 2 unspecified atom stereocenters. The summed E-state index contributed by atoms with van der Waals surface area (Å²) >= 11 is 0. The predicted octanol–water partition coefficient (Wildman–Crippen LogP) is 5.28.